The number of halogens is 2. The van der Waals surface area contributed by atoms with E-state index >= 15 is 0 Å². The van der Waals surface area contributed by atoms with E-state index in [-0.39, 0.29) is 21.1 Å². The maximum Gasteiger partial charge on any atom is 0.281 e. The van der Waals surface area contributed by atoms with E-state index in [0.717, 1.165) is 17.4 Å². The van der Waals surface area contributed by atoms with Crippen LogP contribution in [0.4, 0.5) is 10.1 Å². The van der Waals surface area contributed by atoms with Gasteiger partial charge in [-0.2, -0.15) is 4.99 Å². The van der Waals surface area contributed by atoms with E-state index in [9.17, 15) is 19.3 Å². The number of nitrogens with zero attached hydrogens (tertiary/aromatic N) is 3. The van der Waals surface area contributed by atoms with Crippen molar-refractivity contribution in [2.24, 2.45) is 4.99 Å². The van der Waals surface area contributed by atoms with Gasteiger partial charge >= 0.3 is 0 Å². The van der Waals surface area contributed by atoms with Crippen LogP contribution < -0.4 is 4.80 Å². The molecule has 1 heterocycles. The maximum atomic E-state index is 14.4. The fraction of sp³-hybridized carbons (Fsp3) is 0.222. The molecule has 7 nitrogen and oxygen atoms in total. The SMILES string of the molecule is CCOCCn1c(=NC(=O)c2cc([N+](=O)[O-])ccc2Cl)sc2cccc(F)c21. The maximum absolute atomic E-state index is 14.4. The number of carbonyl (C=O) groups is 1. The molecule has 28 heavy (non-hydrogen) atoms. The van der Waals surface area contributed by atoms with Gasteiger partial charge in [-0.25, -0.2) is 4.39 Å². The molecule has 0 spiro atoms. The Morgan fingerprint density at radius 2 is 2.18 bits per heavy atom. The Bertz CT molecular complexity index is 1130. The fourth-order valence-corrected chi connectivity index (χ4v) is 3.88. The summed E-state index contributed by atoms with van der Waals surface area (Å²) < 4.78 is 21.9. The highest BCUT2D eigenvalue weighted by Gasteiger charge is 2.17. The van der Waals surface area contributed by atoms with Crippen molar-refractivity contribution in [2.75, 3.05) is 13.2 Å². The minimum Gasteiger partial charge on any atom is -0.380 e. The summed E-state index contributed by atoms with van der Waals surface area (Å²) in [6.45, 7) is 2.95. The molecule has 10 heteroatoms. The second-order valence-electron chi connectivity index (χ2n) is 5.66. The van der Waals surface area contributed by atoms with Crippen LogP contribution in [-0.4, -0.2) is 28.6 Å². The zero-order chi connectivity index (χ0) is 20.3. The van der Waals surface area contributed by atoms with Crippen LogP contribution in [-0.2, 0) is 11.3 Å². The van der Waals surface area contributed by atoms with Gasteiger partial charge in [-0.05, 0) is 25.1 Å². The van der Waals surface area contributed by atoms with E-state index in [2.05, 4.69) is 4.99 Å². The van der Waals surface area contributed by atoms with E-state index in [1.165, 1.54) is 18.2 Å². The Morgan fingerprint density at radius 1 is 1.39 bits per heavy atom. The largest absolute Gasteiger partial charge is 0.380 e. The molecule has 3 rings (SSSR count). The van der Waals surface area contributed by atoms with Crippen LogP contribution in [0.5, 0.6) is 0 Å². The minimum atomic E-state index is -0.745. The van der Waals surface area contributed by atoms with Crippen LogP contribution in [0, 0.1) is 15.9 Å². The Morgan fingerprint density at radius 3 is 2.89 bits per heavy atom. The van der Waals surface area contributed by atoms with Crippen molar-refractivity contribution in [2.45, 2.75) is 13.5 Å². The molecule has 0 aliphatic rings. The van der Waals surface area contributed by atoms with Crippen molar-refractivity contribution >= 4 is 44.7 Å². The normalized spacial score (nSPS) is 11.9. The summed E-state index contributed by atoms with van der Waals surface area (Å²) in [5.74, 6) is -1.18. The Labute approximate surface area is 167 Å². The van der Waals surface area contributed by atoms with E-state index in [0.29, 0.717) is 30.0 Å². The Balaban J connectivity index is 2.12. The van der Waals surface area contributed by atoms with Gasteiger partial charge in [0.15, 0.2) is 4.80 Å². The first-order valence-electron chi connectivity index (χ1n) is 8.31. The predicted octanol–water partition coefficient (Wildman–Crippen LogP) is 4.18. The Kier molecular flexibility index (Phi) is 6.18. The summed E-state index contributed by atoms with van der Waals surface area (Å²) in [6, 6.07) is 8.18. The van der Waals surface area contributed by atoms with Crippen molar-refractivity contribution in [3.8, 4) is 0 Å². The standard InChI is InChI=1S/C18H15ClFN3O4S/c1-2-27-9-8-22-16-14(20)4-3-5-15(16)28-18(22)21-17(24)12-10-11(23(25)26)6-7-13(12)19/h3-7,10H,2,8-9H2,1H3. The van der Waals surface area contributed by atoms with Gasteiger partial charge < -0.3 is 9.30 Å². The second-order valence-corrected chi connectivity index (χ2v) is 7.07. The van der Waals surface area contributed by atoms with Crippen LogP contribution in [0.25, 0.3) is 10.2 Å². The van der Waals surface area contributed by atoms with E-state index < -0.39 is 16.6 Å². The molecule has 2 aromatic carbocycles. The molecular weight excluding hydrogens is 409 g/mol. The molecule has 1 amide bonds. The number of ether oxygens (including phenoxy) is 1. The van der Waals surface area contributed by atoms with Crippen LogP contribution in [0.3, 0.4) is 0 Å². The molecule has 0 fully saturated rings. The van der Waals surface area contributed by atoms with Crippen LogP contribution in [0.2, 0.25) is 5.02 Å². The molecule has 0 N–H and O–H groups in total. The van der Waals surface area contributed by atoms with Gasteiger partial charge in [0, 0.05) is 25.3 Å². The van der Waals surface area contributed by atoms with E-state index in [1.807, 2.05) is 6.92 Å². The molecule has 146 valence electrons. The molecule has 0 aliphatic carbocycles. The number of para-hydroxylation sites is 1. The minimum absolute atomic E-state index is 0.0486. The molecule has 0 saturated heterocycles. The number of nitro benzene ring substituents is 1. The van der Waals surface area contributed by atoms with E-state index in [4.69, 9.17) is 16.3 Å². The average Bonchev–Trinajstić information content (AvgIpc) is 3.00. The lowest BCUT2D eigenvalue weighted by atomic mass is 10.2. The van der Waals surface area contributed by atoms with Crippen LogP contribution >= 0.6 is 22.9 Å². The van der Waals surface area contributed by atoms with Crippen molar-refractivity contribution in [3.05, 3.63) is 67.7 Å². The smallest absolute Gasteiger partial charge is 0.281 e. The number of hydrogen-bond donors (Lipinski definition) is 0. The molecule has 1 aromatic heterocycles. The number of non-ortho nitro benzene ring substituents is 1. The topological polar surface area (TPSA) is 86.7 Å². The van der Waals surface area contributed by atoms with Crippen molar-refractivity contribution in [1.82, 2.24) is 4.57 Å². The Hall–Kier alpha value is -2.62. The number of benzene rings is 2. The molecule has 0 unspecified atom stereocenters. The third-order valence-corrected chi connectivity index (χ3v) is 5.28. The summed E-state index contributed by atoms with van der Waals surface area (Å²) in [5, 5.41) is 11.0. The fourth-order valence-electron chi connectivity index (χ4n) is 2.62. The molecule has 0 radical (unpaired) electrons. The summed E-state index contributed by atoms with van der Waals surface area (Å²) in [7, 11) is 0. The molecule has 3 aromatic rings. The van der Waals surface area contributed by atoms with Gasteiger partial charge in [0.1, 0.15) is 5.82 Å². The van der Waals surface area contributed by atoms with Gasteiger partial charge in [-0.3, -0.25) is 14.9 Å². The molecule has 0 aliphatic heterocycles. The number of fused-ring (bicyclic) bond motifs is 1. The molecule has 0 bridgehead atoms. The first-order chi connectivity index (χ1) is 13.4. The van der Waals surface area contributed by atoms with Gasteiger partial charge in [-0.15, -0.1) is 0 Å². The van der Waals surface area contributed by atoms with Crippen LogP contribution in [0.1, 0.15) is 17.3 Å². The summed E-state index contributed by atoms with van der Waals surface area (Å²) >= 11 is 7.16. The molecule has 0 saturated carbocycles. The third-order valence-electron chi connectivity index (χ3n) is 3.90. The predicted molar refractivity (Wildman–Crippen MR) is 104 cm³/mol. The van der Waals surface area contributed by atoms with Gasteiger partial charge in [0.05, 0.1) is 32.3 Å². The van der Waals surface area contributed by atoms with E-state index in [1.54, 1.807) is 16.7 Å². The summed E-state index contributed by atoms with van der Waals surface area (Å²) in [5.41, 5.74) is -0.0383. The number of thiazole rings is 1. The van der Waals surface area contributed by atoms with Crippen molar-refractivity contribution in [1.29, 1.82) is 0 Å². The number of carbonyl (C=O) groups excluding carboxylic acids is 1. The van der Waals surface area contributed by atoms with Crippen molar-refractivity contribution < 1.29 is 18.8 Å². The van der Waals surface area contributed by atoms with Gasteiger partial charge in [0.25, 0.3) is 11.6 Å². The van der Waals surface area contributed by atoms with Gasteiger partial charge in [0.2, 0.25) is 0 Å². The monoisotopic (exact) mass is 423 g/mol. The highest BCUT2D eigenvalue weighted by molar-refractivity contribution is 7.16. The lowest BCUT2D eigenvalue weighted by Crippen LogP contribution is -2.20. The quantitative estimate of drug-likeness (QED) is 0.338. The van der Waals surface area contributed by atoms with Crippen LogP contribution in [0.15, 0.2) is 41.4 Å². The average molecular weight is 424 g/mol. The lowest BCUT2D eigenvalue weighted by Gasteiger charge is -2.06. The summed E-state index contributed by atoms with van der Waals surface area (Å²) in [6.07, 6.45) is 0. The first kappa shape index (κ1) is 20.1. The number of rotatable bonds is 6. The van der Waals surface area contributed by atoms with Gasteiger partial charge in [-0.1, -0.05) is 29.0 Å². The zero-order valence-electron chi connectivity index (χ0n) is 14.7. The molecular formula is C18H15ClFN3O4S. The summed E-state index contributed by atoms with van der Waals surface area (Å²) in [4.78, 5) is 27.3. The number of amides is 1. The number of aromatic nitrogens is 1. The van der Waals surface area contributed by atoms with Crippen molar-refractivity contribution in [3.63, 3.8) is 0 Å². The third kappa shape index (κ3) is 4.11. The lowest BCUT2D eigenvalue weighted by molar-refractivity contribution is -0.384. The zero-order valence-corrected chi connectivity index (χ0v) is 16.3. The molecule has 0 atom stereocenters. The second kappa shape index (κ2) is 8.59. The first-order valence-corrected chi connectivity index (χ1v) is 9.50. The highest BCUT2D eigenvalue weighted by atomic mass is 35.5. The highest BCUT2D eigenvalue weighted by Crippen LogP contribution is 2.24. The number of nitro groups is 1. The number of hydrogen-bond acceptors (Lipinski definition) is 5.